The Hall–Kier alpha value is -0.630. The summed E-state index contributed by atoms with van der Waals surface area (Å²) in [5.74, 6) is 3.26. The van der Waals surface area contributed by atoms with Gasteiger partial charge in [0.1, 0.15) is 5.78 Å². The quantitative estimate of drug-likeness (QED) is 0.735. The van der Waals surface area contributed by atoms with Crippen molar-refractivity contribution in [1.29, 1.82) is 0 Å². The second kappa shape index (κ2) is 5.22. The maximum Gasteiger partial charge on any atom is 0.137 e. The largest absolute Gasteiger partial charge is 0.299 e. The van der Waals surface area contributed by atoms with Crippen LogP contribution in [0.15, 0.2) is 28.7 Å². The molecule has 0 radical (unpaired) electrons. The molecular formula is C19H23BrO. The Morgan fingerprint density at radius 2 is 1.62 bits per heavy atom. The van der Waals surface area contributed by atoms with Gasteiger partial charge in [-0.25, -0.2) is 0 Å². The normalized spacial score (nSPS) is 36.9. The van der Waals surface area contributed by atoms with Crippen molar-refractivity contribution in [2.75, 3.05) is 0 Å². The van der Waals surface area contributed by atoms with Gasteiger partial charge in [0.05, 0.1) is 0 Å². The van der Waals surface area contributed by atoms with Crippen LogP contribution >= 0.6 is 15.9 Å². The van der Waals surface area contributed by atoms with Gasteiger partial charge in [0.15, 0.2) is 0 Å². The smallest absolute Gasteiger partial charge is 0.137 e. The summed E-state index contributed by atoms with van der Waals surface area (Å²) in [4.78, 5) is 12.6. The maximum absolute atomic E-state index is 12.6. The third kappa shape index (κ3) is 2.72. The second-order valence-electron chi connectivity index (χ2n) is 7.90. The standard InChI is InChI=1S/C19H23BrO/c20-18-4-2-1-3-16(18)8-17(21)12-19-9-13-5-14(10-19)7-15(6-13)11-19/h1-4,13-15H,5-12H2. The SMILES string of the molecule is O=C(Cc1ccccc1Br)CC12CC3CC(CC(C3)C1)C2. The molecule has 4 aliphatic carbocycles. The number of rotatable bonds is 4. The lowest BCUT2D eigenvalue weighted by atomic mass is 9.48. The van der Waals surface area contributed by atoms with Gasteiger partial charge in [0, 0.05) is 17.3 Å². The van der Waals surface area contributed by atoms with Crippen LogP contribution in [0.5, 0.6) is 0 Å². The molecule has 4 bridgehead atoms. The molecule has 1 nitrogen and oxygen atoms in total. The van der Waals surface area contributed by atoms with Crippen LogP contribution in [0, 0.1) is 23.2 Å². The topological polar surface area (TPSA) is 17.1 Å². The number of carbonyl (C=O) groups excluding carboxylic acids is 1. The summed E-state index contributed by atoms with van der Waals surface area (Å²) in [6.07, 6.45) is 9.80. The van der Waals surface area contributed by atoms with Crippen LogP contribution in [0.1, 0.15) is 50.5 Å². The zero-order valence-electron chi connectivity index (χ0n) is 12.5. The molecule has 4 aliphatic rings. The molecular weight excluding hydrogens is 324 g/mol. The fourth-order valence-corrected chi connectivity index (χ4v) is 6.27. The Morgan fingerprint density at radius 3 is 2.19 bits per heavy atom. The van der Waals surface area contributed by atoms with Crippen LogP contribution in [0.4, 0.5) is 0 Å². The Balaban J connectivity index is 1.46. The number of Topliss-reactive ketones (excluding diaryl/α,β-unsaturated/α-hetero) is 1. The van der Waals surface area contributed by atoms with E-state index in [9.17, 15) is 4.79 Å². The summed E-state index contributed by atoms with van der Waals surface area (Å²) in [6, 6.07) is 8.14. The van der Waals surface area contributed by atoms with Crippen LogP contribution in [0.3, 0.4) is 0 Å². The van der Waals surface area contributed by atoms with Gasteiger partial charge in [-0.2, -0.15) is 0 Å². The Labute approximate surface area is 135 Å². The molecule has 1 aromatic carbocycles. The molecule has 0 saturated heterocycles. The molecule has 0 heterocycles. The van der Waals surface area contributed by atoms with E-state index in [1.807, 2.05) is 18.2 Å². The maximum atomic E-state index is 12.6. The molecule has 0 N–H and O–H groups in total. The molecule has 112 valence electrons. The lowest BCUT2D eigenvalue weighted by Crippen LogP contribution is -2.47. The molecule has 0 unspecified atom stereocenters. The first-order valence-corrected chi connectivity index (χ1v) is 9.16. The molecule has 0 atom stereocenters. The lowest BCUT2D eigenvalue weighted by Gasteiger charge is -2.56. The molecule has 0 aliphatic heterocycles. The first-order valence-electron chi connectivity index (χ1n) is 8.37. The van der Waals surface area contributed by atoms with Crippen molar-refractivity contribution in [2.24, 2.45) is 23.2 Å². The van der Waals surface area contributed by atoms with Crippen molar-refractivity contribution in [3.8, 4) is 0 Å². The van der Waals surface area contributed by atoms with Crippen molar-refractivity contribution >= 4 is 21.7 Å². The molecule has 4 fully saturated rings. The van der Waals surface area contributed by atoms with Crippen molar-refractivity contribution < 1.29 is 4.79 Å². The highest BCUT2D eigenvalue weighted by molar-refractivity contribution is 9.10. The van der Waals surface area contributed by atoms with E-state index in [-0.39, 0.29) is 0 Å². The molecule has 0 amide bonds. The number of hydrogen-bond donors (Lipinski definition) is 0. The van der Waals surface area contributed by atoms with Crippen molar-refractivity contribution in [2.45, 2.75) is 51.4 Å². The van der Waals surface area contributed by atoms with Gasteiger partial charge in [-0.05, 0) is 73.3 Å². The fraction of sp³-hybridized carbons (Fsp3) is 0.632. The van der Waals surface area contributed by atoms with Crippen molar-refractivity contribution in [3.05, 3.63) is 34.3 Å². The van der Waals surface area contributed by atoms with E-state index in [1.165, 1.54) is 38.5 Å². The van der Waals surface area contributed by atoms with E-state index < -0.39 is 0 Å². The van der Waals surface area contributed by atoms with E-state index in [0.29, 0.717) is 17.6 Å². The van der Waals surface area contributed by atoms with Gasteiger partial charge in [-0.15, -0.1) is 0 Å². The summed E-state index contributed by atoms with van der Waals surface area (Å²) in [5.41, 5.74) is 1.53. The van der Waals surface area contributed by atoms with Crippen LogP contribution in [-0.4, -0.2) is 5.78 Å². The highest BCUT2D eigenvalue weighted by Gasteiger charge is 2.51. The average molecular weight is 347 g/mol. The van der Waals surface area contributed by atoms with Gasteiger partial charge >= 0.3 is 0 Å². The zero-order chi connectivity index (χ0) is 14.4. The summed E-state index contributed by atoms with van der Waals surface area (Å²) in [7, 11) is 0. The van der Waals surface area contributed by atoms with E-state index in [1.54, 1.807) is 0 Å². The van der Waals surface area contributed by atoms with Gasteiger partial charge < -0.3 is 0 Å². The van der Waals surface area contributed by atoms with E-state index in [4.69, 9.17) is 0 Å². The number of benzene rings is 1. The zero-order valence-corrected chi connectivity index (χ0v) is 14.1. The summed E-state index contributed by atoms with van der Waals surface area (Å²) in [5, 5.41) is 0. The lowest BCUT2D eigenvalue weighted by molar-refractivity contribution is -0.126. The number of carbonyl (C=O) groups is 1. The van der Waals surface area contributed by atoms with Gasteiger partial charge in [0.2, 0.25) is 0 Å². The third-order valence-corrected chi connectivity index (χ3v) is 6.86. The Bertz CT molecular complexity index is 527. The van der Waals surface area contributed by atoms with E-state index >= 15 is 0 Å². The number of ketones is 1. The minimum atomic E-state index is 0.382. The highest BCUT2D eigenvalue weighted by atomic mass is 79.9. The predicted molar refractivity (Wildman–Crippen MR) is 88.1 cm³/mol. The number of hydrogen-bond acceptors (Lipinski definition) is 1. The highest BCUT2D eigenvalue weighted by Crippen LogP contribution is 2.61. The Morgan fingerprint density at radius 1 is 1.05 bits per heavy atom. The van der Waals surface area contributed by atoms with E-state index in [2.05, 4.69) is 22.0 Å². The second-order valence-corrected chi connectivity index (χ2v) is 8.76. The van der Waals surface area contributed by atoms with Gasteiger partial charge in [-0.1, -0.05) is 34.1 Å². The van der Waals surface area contributed by atoms with Gasteiger partial charge in [0.25, 0.3) is 0 Å². The summed E-state index contributed by atoms with van der Waals surface area (Å²) >= 11 is 3.57. The van der Waals surface area contributed by atoms with Crippen molar-refractivity contribution in [1.82, 2.24) is 0 Å². The molecule has 0 aromatic heterocycles. The number of halogens is 1. The molecule has 2 heteroatoms. The monoisotopic (exact) mass is 346 g/mol. The van der Waals surface area contributed by atoms with E-state index in [0.717, 1.165) is 34.2 Å². The third-order valence-electron chi connectivity index (χ3n) is 6.08. The minimum Gasteiger partial charge on any atom is -0.299 e. The van der Waals surface area contributed by atoms with Crippen LogP contribution in [0.2, 0.25) is 0 Å². The molecule has 21 heavy (non-hydrogen) atoms. The molecule has 5 rings (SSSR count). The average Bonchev–Trinajstić information content (AvgIpc) is 2.39. The fourth-order valence-electron chi connectivity index (χ4n) is 5.84. The predicted octanol–water partition coefficient (Wildman–Crippen LogP) is 5.17. The minimum absolute atomic E-state index is 0.382. The Kier molecular flexibility index (Phi) is 3.48. The van der Waals surface area contributed by atoms with Crippen LogP contribution < -0.4 is 0 Å². The molecule has 0 spiro atoms. The molecule has 1 aromatic rings. The summed E-state index contributed by atoms with van der Waals surface area (Å²) < 4.78 is 1.07. The summed E-state index contributed by atoms with van der Waals surface area (Å²) in [6.45, 7) is 0. The first-order chi connectivity index (χ1) is 10.1. The van der Waals surface area contributed by atoms with Crippen LogP contribution in [-0.2, 0) is 11.2 Å². The molecule has 4 saturated carbocycles. The van der Waals surface area contributed by atoms with Gasteiger partial charge in [-0.3, -0.25) is 4.79 Å². The first kappa shape index (κ1) is 14.0. The van der Waals surface area contributed by atoms with Crippen LogP contribution in [0.25, 0.3) is 0 Å². The van der Waals surface area contributed by atoms with Crippen molar-refractivity contribution in [3.63, 3.8) is 0 Å².